The number of nitrogens with zero attached hydrogens (tertiary/aromatic N) is 3. The second-order valence-electron chi connectivity index (χ2n) is 6.32. The van der Waals surface area contributed by atoms with Crippen molar-refractivity contribution in [3.05, 3.63) is 33.6 Å². The van der Waals surface area contributed by atoms with Gasteiger partial charge >= 0.3 is 0 Å². The zero-order valence-electron chi connectivity index (χ0n) is 14.4. The molecule has 1 unspecified atom stereocenters. The molecule has 1 atom stereocenters. The van der Waals surface area contributed by atoms with Crippen LogP contribution >= 0.6 is 11.3 Å². The minimum Gasteiger partial charge on any atom is -0.361 e. The summed E-state index contributed by atoms with van der Waals surface area (Å²) in [4.78, 5) is 30.0. The number of hydrogen-bond donors (Lipinski definition) is 1. The van der Waals surface area contributed by atoms with Crippen molar-refractivity contribution in [2.24, 2.45) is 0 Å². The smallest absolute Gasteiger partial charge is 0.276 e. The second-order valence-corrected chi connectivity index (χ2v) is 7.21. The van der Waals surface area contributed by atoms with Gasteiger partial charge in [0, 0.05) is 50.3 Å². The van der Waals surface area contributed by atoms with Crippen LogP contribution < -0.4 is 5.32 Å². The lowest BCUT2D eigenvalue weighted by Crippen LogP contribution is -2.39. The number of amides is 2. The summed E-state index contributed by atoms with van der Waals surface area (Å²) in [7, 11) is 0. The van der Waals surface area contributed by atoms with Crippen LogP contribution in [-0.2, 0) is 11.2 Å². The summed E-state index contributed by atoms with van der Waals surface area (Å²) in [5.41, 5.74) is 1.36. The molecule has 0 spiro atoms. The van der Waals surface area contributed by atoms with Gasteiger partial charge in [-0.3, -0.25) is 9.59 Å². The number of carbonyl (C=O) groups excluding carboxylic acids is 2. The van der Waals surface area contributed by atoms with E-state index in [2.05, 4.69) is 10.5 Å². The zero-order valence-corrected chi connectivity index (χ0v) is 15.3. The van der Waals surface area contributed by atoms with E-state index in [1.165, 1.54) is 6.92 Å². The van der Waals surface area contributed by atoms with Crippen molar-refractivity contribution in [3.8, 4) is 0 Å². The molecule has 7 nitrogen and oxygen atoms in total. The predicted octanol–water partition coefficient (Wildman–Crippen LogP) is 2.14. The van der Waals surface area contributed by atoms with Crippen molar-refractivity contribution in [1.82, 2.24) is 20.4 Å². The molecule has 1 fully saturated rings. The fraction of sp³-hybridized carbons (Fsp3) is 0.529. The van der Waals surface area contributed by atoms with Gasteiger partial charge in [0.25, 0.3) is 5.91 Å². The molecule has 0 saturated carbocycles. The Kier molecular flexibility index (Phi) is 5.47. The maximum atomic E-state index is 12.5. The van der Waals surface area contributed by atoms with Crippen LogP contribution in [0.15, 0.2) is 16.0 Å². The van der Waals surface area contributed by atoms with Crippen molar-refractivity contribution in [2.45, 2.75) is 39.0 Å². The average molecular weight is 362 g/mol. The number of hydrogen-bond acceptors (Lipinski definition) is 6. The van der Waals surface area contributed by atoms with Gasteiger partial charge in [-0.05, 0) is 19.8 Å². The molecule has 25 heavy (non-hydrogen) atoms. The van der Waals surface area contributed by atoms with Crippen LogP contribution in [0.2, 0.25) is 0 Å². The Morgan fingerprint density at radius 2 is 2.32 bits per heavy atom. The van der Waals surface area contributed by atoms with Gasteiger partial charge in [-0.15, -0.1) is 11.3 Å². The summed E-state index contributed by atoms with van der Waals surface area (Å²) in [6.07, 6.45) is 2.71. The maximum absolute atomic E-state index is 12.5. The van der Waals surface area contributed by atoms with Crippen LogP contribution in [0.1, 0.15) is 52.6 Å². The first-order valence-corrected chi connectivity index (χ1v) is 9.32. The third-order valence-corrected chi connectivity index (χ3v) is 5.29. The summed E-state index contributed by atoms with van der Waals surface area (Å²) in [5.74, 6) is 0.787. The van der Waals surface area contributed by atoms with Crippen LogP contribution in [0.5, 0.6) is 0 Å². The van der Waals surface area contributed by atoms with Crippen LogP contribution in [0.3, 0.4) is 0 Å². The van der Waals surface area contributed by atoms with Gasteiger partial charge in [0.1, 0.15) is 5.76 Å². The number of thiazole rings is 1. The van der Waals surface area contributed by atoms with E-state index in [4.69, 9.17) is 9.51 Å². The second kappa shape index (κ2) is 7.77. The van der Waals surface area contributed by atoms with Crippen LogP contribution in [-0.4, -0.2) is 46.5 Å². The standard InChI is InChI=1S/C17H22N4O3S/c1-11-8-15(20-24-11)17(23)21-7-3-4-13(9-21)16-19-14(10-25-16)5-6-18-12(2)22/h8,10,13H,3-7,9H2,1-2H3,(H,18,22). The first kappa shape index (κ1) is 17.6. The largest absolute Gasteiger partial charge is 0.361 e. The highest BCUT2D eigenvalue weighted by Gasteiger charge is 2.28. The molecule has 0 aromatic carbocycles. The normalized spacial score (nSPS) is 17.5. The van der Waals surface area contributed by atoms with Gasteiger partial charge < -0.3 is 14.7 Å². The molecule has 1 aliphatic rings. The molecule has 2 amide bonds. The Bertz CT molecular complexity index is 755. The summed E-state index contributed by atoms with van der Waals surface area (Å²) in [6.45, 7) is 5.28. The molecule has 3 heterocycles. The minimum absolute atomic E-state index is 0.0278. The van der Waals surface area contributed by atoms with E-state index < -0.39 is 0 Å². The molecular weight excluding hydrogens is 340 g/mol. The summed E-state index contributed by atoms with van der Waals surface area (Å²) in [5, 5.41) is 9.71. The third-order valence-electron chi connectivity index (χ3n) is 4.23. The molecule has 1 saturated heterocycles. The Labute approximate surface area is 150 Å². The number of aryl methyl sites for hydroxylation is 1. The molecule has 3 rings (SSSR count). The molecule has 2 aromatic rings. The summed E-state index contributed by atoms with van der Waals surface area (Å²) in [6, 6.07) is 1.68. The van der Waals surface area contributed by atoms with E-state index in [1.807, 2.05) is 10.3 Å². The summed E-state index contributed by atoms with van der Waals surface area (Å²) < 4.78 is 5.01. The van der Waals surface area contributed by atoms with Gasteiger partial charge in [-0.1, -0.05) is 5.16 Å². The van der Waals surface area contributed by atoms with Gasteiger partial charge in [-0.2, -0.15) is 0 Å². The molecule has 0 radical (unpaired) electrons. The fourth-order valence-electron chi connectivity index (χ4n) is 2.98. The lowest BCUT2D eigenvalue weighted by Gasteiger charge is -2.31. The lowest BCUT2D eigenvalue weighted by molar-refractivity contribution is -0.118. The van der Waals surface area contributed by atoms with Crippen molar-refractivity contribution in [3.63, 3.8) is 0 Å². The Balaban J connectivity index is 1.60. The average Bonchev–Trinajstić information content (AvgIpc) is 3.23. The minimum atomic E-state index is -0.0796. The molecule has 8 heteroatoms. The predicted molar refractivity (Wildman–Crippen MR) is 93.6 cm³/mol. The van der Waals surface area contributed by atoms with Crippen molar-refractivity contribution >= 4 is 23.2 Å². The van der Waals surface area contributed by atoms with E-state index in [9.17, 15) is 9.59 Å². The SMILES string of the molecule is CC(=O)NCCc1csc(C2CCCN(C(=O)c3cc(C)on3)C2)n1. The first-order valence-electron chi connectivity index (χ1n) is 8.44. The number of carbonyl (C=O) groups is 2. The fourth-order valence-corrected chi connectivity index (χ4v) is 3.97. The number of aromatic nitrogens is 2. The highest BCUT2D eigenvalue weighted by Crippen LogP contribution is 2.30. The zero-order chi connectivity index (χ0) is 17.8. The first-order chi connectivity index (χ1) is 12.0. The lowest BCUT2D eigenvalue weighted by atomic mass is 9.98. The van der Waals surface area contributed by atoms with E-state index in [-0.39, 0.29) is 17.7 Å². The number of likely N-dealkylation sites (tertiary alicyclic amines) is 1. The van der Waals surface area contributed by atoms with E-state index in [1.54, 1.807) is 24.3 Å². The molecule has 0 aliphatic carbocycles. The van der Waals surface area contributed by atoms with E-state index >= 15 is 0 Å². The molecule has 1 N–H and O–H groups in total. The Hall–Kier alpha value is -2.22. The Morgan fingerprint density at radius 1 is 1.48 bits per heavy atom. The van der Waals surface area contributed by atoms with Gasteiger partial charge in [0.15, 0.2) is 5.69 Å². The third kappa shape index (κ3) is 4.45. The Morgan fingerprint density at radius 3 is 3.04 bits per heavy atom. The van der Waals surface area contributed by atoms with Crippen molar-refractivity contribution < 1.29 is 14.1 Å². The molecule has 134 valence electrons. The number of rotatable bonds is 5. The van der Waals surface area contributed by atoms with Gasteiger partial charge in [0.2, 0.25) is 5.91 Å². The molecular formula is C17H22N4O3S. The van der Waals surface area contributed by atoms with Crippen LogP contribution in [0.25, 0.3) is 0 Å². The van der Waals surface area contributed by atoms with Crippen LogP contribution in [0.4, 0.5) is 0 Å². The van der Waals surface area contributed by atoms with E-state index in [0.717, 1.165) is 36.5 Å². The quantitative estimate of drug-likeness (QED) is 0.880. The molecule has 0 bridgehead atoms. The monoisotopic (exact) mass is 362 g/mol. The van der Waals surface area contributed by atoms with Crippen LogP contribution in [0, 0.1) is 6.92 Å². The van der Waals surface area contributed by atoms with Gasteiger partial charge in [0.05, 0.1) is 10.7 Å². The number of nitrogens with one attached hydrogen (secondary N) is 1. The molecule has 1 aliphatic heterocycles. The summed E-state index contributed by atoms with van der Waals surface area (Å²) >= 11 is 1.63. The number of piperidine rings is 1. The topological polar surface area (TPSA) is 88.3 Å². The maximum Gasteiger partial charge on any atom is 0.276 e. The molecule has 2 aromatic heterocycles. The van der Waals surface area contributed by atoms with Crippen molar-refractivity contribution in [2.75, 3.05) is 19.6 Å². The van der Waals surface area contributed by atoms with Crippen molar-refractivity contribution in [1.29, 1.82) is 0 Å². The highest BCUT2D eigenvalue weighted by molar-refractivity contribution is 7.09. The highest BCUT2D eigenvalue weighted by atomic mass is 32.1. The van der Waals surface area contributed by atoms with E-state index in [0.29, 0.717) is 24.5 Å². The van der Waals surface area contributed by atoms with Gasteiger partial charge in [-0.25, -0.2) is 4.98 Å².